The molecule has 2 N–H and O–H groups in total. The van der Waals surface area contributed by atoms with E-state index < -0.39 is 29.7 Å². The fraction of sp³-hybridized carbons (Fsp3) is 0.278. The molecule has 7 nitrogen and oxygen atoms in total. The highest BCUT2D eigenvalue weighted by atomic mass is 32.1. The van der Waals surface area contributed by atoms with E-state index in [4.69, 9.17) is 9.15 Å². The number of carbonyl (C=O) groups is 3. The maximum absolute atomic E-state index is 12.7. The molecule has 3 rings (SSSR count). The molecule has 2 atom stereocenters. The van der Waals surface area contributed by atoms with Crippen LogP contribution in [0.3, 0.4) is 0 Å². The summed E-state index contributed by atoms with van der Waals surface area (Å²) in [4.78, 5) is 36.3. The number of anilines is 1. The molecular weight excluding hydrogens is 358 g/mol. The van der Waals surface area contributed by atoms with Crippen LogP contribution in [-0.2, 0) is 14.3 Å². The van der Waals surface area contributed by atoms with Crippen LogP contribution in [-0.4, -0.2) is 30.1 Å². The van der Waals surface area contributed by atoms with Crippen LogP contribution in [0.15, 0.2) is 40.3 Å². The summed E-state index contributed by atoms with van der Waals surface area (Å²) in [5.41, 5.74) is 0.708. The zero-order valence-corrected chi connectivity index (χ0v) is 14.7. The highest BCUT2D eigenvalue weighted by Gasteiger charge is 2.35. The normalized spacial score (nSPS) is 19.1. The van der Waals surface area contributed by atoms with Crippen molar-refractivity contribution >= 4 is 34.2 Å². The largest absolute Gasteiger partial charge is 0.481 e. The molecule has 0 unspecified atom stereocenters. The lowest BCUT2D eigenvalue weighted by atomic mass is 9.82. The Kier molecular flexibility index (Phi) is 5.22. The van der Waals surface area contributed by atoms with Crippen LogP contribution in [0.4, 0.5) is 5.00 Å². The molecule has 0 radical (unpaired) electrons. The predicted octanol–water partition coefficient (Wildman–Crippen LogP) is 3.40. The first-order chi connectivity index (χ1) is 12.5. The van der Waals surface area contributed by atoms with Crippen molar-refractivity contribution in [2.24, 2.45) is 11.8 Å². The average molecular weight is 375 g/mol. The smallest absolute Gasteiger partial charge is 0.341 e. The molecule has 0 saturated heterocycles. The van der Waals surface area contributed by atoms with Crippen LogP contribution in [0.1, 0.15) is 23.2 Å². The SMILES string of the molecule is COC(=O)c1c(-c2ccco2)csc1NC(=O)[C@H]1CC=CC[C@H]1C(=O)O. The fourth-order valence-corrected chi connectivity index (χ4v) is 3.89. The highest BCUT2D eigenvalue weighted by molar-refractivity contribution is 7.15. The van der Waals surface area contributed by atoms with Gasteiger partial charge < -0.3 is 19.6 Å². The van der Waals surface area contributed by atoms with Gasteiger partial charge >= 0.3 is 11.9 Å². The van der Waals surface area contributed by atoms with Gasteiger partial charge in [-0.15, -0.1) is 11.3 Å². The number of thiophene rings is 1. The van der Waals surface area contributed by atoms with Gasteiger partial charge in [0.05, 0.1) is 25.2 Å². The number of nitrogens with one attached hydrogen (secondary N) is 1. The standard InChI is InChI=1S/C18H17NO6S/c1-24-18(23)14-12(13-7-4-8-25-13)9-26-16(14)19-15(20)10-5-2-3-6-11(10)17(21)22/h2-4,7-11H,5-6H2,1H3,(H,19,20)(H,21,22)/t10-,11+/m0/s1. The predicted molar refractivity (Wildman–Crippen MR) is 95.0 cm³/mol. The lowest BCUT2D eigenvalue weighted by Gasteiger charge is -2.24. The maximum Gasteiger partial charge on any atom is 0.341 e. The minimum Gasteiger partial charge on any atom is -0.481 e. The molecule has 8 heteroatoms. The van der Waals surface area contributed by atoms with E-state index in [9.17, 15) is 19.5 Å². The summed E-state index contributed by atoms with van der Waals surface area (Å²) in [6, 6.07) is 3.39. The Balaban J connectivity index is 1.90. The van der Waals surface area contributed by atoms with Crippen LogP contribution < -0.4 is 5.32 Å². The summed E-state index contributed by atoms with van der Waals surface area (Å²) in [6.07, 6.45) is 5.69. The summed E-state index contributed by atoms with van der Waals surface area (Å²) >= 11 is 1.16. The quantitative estimate of drug-likeness (QED) is 0.613. The number of amides is 1. The van der Waals surface area contributed by atoms with Gasteiger partial charge in [0.1, 0.15) is 16.3 Å². The van der Waals surface area contributed by atoms with Crippen LogP contribution >= 0.6 is 11.3 Å². The van der Waals surface area contributed by atoms with Crippen LogP contribution in [0.2, 0.25) is 0 Å². The Morgan fingerprint density at radius 3 is 2.62 bits per heavy atom. The number of allylic oxidation sites excluding steroid dienone is 2. The third-order valence-electron chi connectivity index (χ3n) is 4.29. The number of hydrogen-bond acceptors (Lipinski definition) is 6. The van der Waals surface area contributed by atoms with E-state index in [0.717, 1.165) is 11.3 Å². The molecule has 0 spiro atoms. The van der Waals surface area contributed by atoms with Crippen molar-refractivity contribution in [1.29, 1.82) is 0 Å². The topological polar surface area (TPSA) is 106 Å². The van der Waals surface area contributed by atoms with Crippen LogP contribution in [0, 0.1) is 11.8 Å². The van der Waals surface area contributed by atoms with E-state index in [-0.39, 0.29) is 5.56 Å². The Labute approximate surface area is 153 Å². The second-order valence-electron chi connectivity index (χ2n) is 5.81. The summed E-state index contributed by atoms with van der Waals surface area (Å²) in [7, 11) is 1.25. The summed E-state index contributed by atoms with van der Waals surface area (Å²) in [5, 5.41) is 14.0. The Bertz CT molecular complexity index is 851. The second-order valence-corrected chi connectivity index (χ2v) is 6.69. The molecule has 136 valence electrons. The van der Waals surface area contributed by atoms with E-state index >= 15 is 0 Å². The van der Waals surface area contributed by atoms with Crippen molar-refractivity contribution in [2.45, 2.75) is 12.8 Å². The Morgan fingerprint density at radius 1 is 1.27 bits per heavy atom. The van der Waals surface area contributed by atoms with Crippen molar-refractivity contribution in [3.05, 3.63) is 41.5 Å². The van der Waals surface area contributed by atoms with Gasteiger partial charge in [0.2, 0.25) is 5.91 Å². The molecule has 1 aliphatic rings. The molecule has 0 fully saturated rings. The molecular formula is C18H17NO6S. The van der Waals surface area contributed by atoms with Crippen molar-refractivity contribution in [3.8, 4) is 11.3 Å². The summed E-state index contributed by atoms with van der Waals surface area (Å²) in [6.45, 7) is 0. The van der Waals surface area contributed by atoms with Crippen molar-refractivity contribution in [2.75, 3.05) is 12.4 Å². The van der Waals surface area contributed by atoms with Gasteiger partial charge in [-0.2, -0.15) is 0 Å². The van der Waals surface area contributed by atoms with E-state index in [2.05, 4.69) is 5.32 Å². The number of methoxy groups -OCH3 is 1. The molecule has 2 aromatic rings. The summed E-state index contributed by atoms with van der Waals surface area (Å²) in [5.74, 6) is -3.05. The first-order valence-corrected chi connectivity index (χ1v) is 8.83. The maximum atomic E-state index is 12.7. The average Bonchev–Trinajstić information content (AvgIpc) is 3.30. The Hall–Kier alpha value is -2.87. The first-order valence-electron chi connectivity index (χ1n) is 7.95. The first kappa shape index (κ1) is 17.9. The molecule has 0 bridgehead atoms. The molecule has 0 aromatic carbocycles. The third-order valence-corrected chi connectivity index (χ3v) is 5.19. The van der Waals surface area contributed by atoms with E-state index in [1.165, 1.54) is 13.4 Å². The van der Waals surface area contributed by atoms with Gasteiger partial charge in [-0.05, 0) is 25.0 Å². The lowest BCUT2D eigenvalue weighted by molar-refractivity contribution is -0.146. The van der Waals surface area contributed by atoms with Gasteiger partial charge in [0, 0.05) is 10.9 Å². The molecule has 0 saturated carbocycles. The zero-order valence-electron chi connectivity index (χ0n) is 13.9. The van der Waals surface area contributed by atoms with Crippen LogP contribution in [0.5, 0.6) is 0 Å². The van der Waals surface area contributed by atoms with Gasteiger partial charge in [-0.25, -0.2) is 4.79 Å². The number of rotatable bonds is 5. The van der Waals surface area contributed by atoms with Crippen molar-refractivity contribution < 1.29 is 28.6 Å². The number of carboxylic acids is 1. The van der Waals surface area contributed by atoms with Gasteiger partial charge in [-0.3, -0.25) is 9.59 Å². The fourth-order valence-electron chi connectivity index (χ4n) is 2.95. The number of hydrogen-bond donors (Lipinski definition) is 2. The van der Waals surface area contributed by atoms with Crippen LogP contribution in [0.25, 0.3) is 11.3 Å². The number of esters is 1. The van der Waals surface area contributed by atoms with Gasteiger partial charge in [-0.1, -0.05) is 12.2 Å². The van der Waals surface area contributed by atoms with Gasteiger partial charge in [0.15, 0.2) is 0 Å². The zero-order chi connectivity index (χ0) is 18.7. The number of ether oxygens (including phenoxy) is 1. The van der Waals surface area contributed by atoms with E-state index in [1.807, 2.05) is 0 Å². The van der Waals surface area contributed by atoms with E-state index in [0.29, 0.717) is 29.2 Å². The molecule has 26 heavy (non-hydrogen) atoms. The lowest BCUT2D eigenvalue weighted by Crippen LogP contribution is -2.34. The molecule has 1 aliphatic carbocycles. The van der Waals surface area contributed by atoms with Crippen molar-refractivity contribution in [1.82, 2.24) is 0 Å². The van der Waals surface area contributed by atoms with Crippen molar-refractivity contribution in [3.63, 3.8) is 0 Å². The minimum absolute atomic E-state index is 0.194. The minimum atomic E-state index is -1.01. The number of carbonyl (C=O) groups excluding carboxylic acids is 2. The second kappa shape index (κ2) is 7.57. The molecule has 1 amide bonds. The number of furan rings is 1. The van der Waals surface area contributed by atoms with E-state index in [1.54, 1.807) is 29.7 Å². The highest BCUT2D eigenvalue weighted by Crippen LogP contribution is 2.37. The molecule has 2 aromatic heterocycles. The van der Waals surface area contributed by atoms with Gasteiger partial charge in [0.25, 0.3) is 0 Å². The number of carboxylic acid groups (broad SMARTS) is 1. The monoisotopic (exact) mass is 375 g/mol. The number of aliphatic carboxylic acids is 1. The molecule has 0 aliphatic heterocycles. The summed E-state index contributed by atoms with van der Waals surface area (Å²) < 4.78 is 10.2. The molecule has 2 heterocycles. The third kappa shape index (κ3) is 3.41. The Morgan fingerprint density at radius 2 is 2.00 bits per heavy atom.